The number of carbonyl (C=O) groups excluding carboxylic acids is 1. The van der Waals surface area contributed by atoms with Crippen LogP contribution in [0.4, 0.5) is 13.2 Å². The van der Waals surface area contributed by atoms with Crippen molar-refractivity contribution in [3.8, 4) is 0 Å². The van der Waals surface area contributed by atoms with Gasteiger partial charge in [-0.2, -0.15) is 13.2 Å². The molecule has 1 aliphatic rings. The van der Waals surface area contributed by atoms with Crippen LogP contribution >= 0.6 is 0 Å². The normalized spacial score (nSPS) is 19.0. The Balaban J connectivity index is 2.36. The van der Waals surface area contributed by atoms with Gasteiger partial charge in [0.25, 0.3) is 11.5 Å². The summed E-state index contributed by atoms with van der Waals surface area (Å²) in [7, 11) is 0. The first-order valence-electron chi connectivity index (χ1n) is 7.35. The number of rotatable bonds is 2. The van der Waals surface area contributed by atoms with E-state index in [0.29, 0.717) is 17.8 Å². The van der Waals surface area contributed by atoms with Gasteiger partial charge in [0.15, 0.2) is 6.10 Å². The molecule has 2 rings (SSSR count). The van der Waals surface area contributed by atoms with Gasteiger partial charge in [-0.05, 0) is 32.4 Å². The van der Waals surface area contributed by atoms with E-state index < -0.39 is 30.3 Å². The summed E-state index contributed by atoms with van der Waals surface area (Å²) in [5.41, 5.74) is 0.643. The van der Waals surface area contributed by atoms with Gasteiger partial charge in [-0.15, -0.1) is 0 Å². The van der Waals surface area contributed by atoms with E-state index in [2.05, 4.69) is 4.74 Å². The molecule has 1 atom stereocenters. The Morgan fingerprint density at radius 2 is 2.04 bits per heavy atom. The Bertz CT molecular complexity index is 667. The van der Waals surface area contributed by atoms with Crippen molar-refractivity contribution in [3.63, 3.8) is 0 Å². The molecule has 1 unspecified atom stereocenters. The number of nitrogens with zero attached hydrogens (tertiary/aromatic N) is 2. The maximum Gasteiger partial charge on any atom is 0.416 e. The molecule has 0 bridgehead atoms. The molecule has 1 aliphatic heterocycles. The number of morpholine rings is 1. The molecule has 0 aromatic carbocycles. The molecule has 8 heteroatoms. The van der Waals surface area contributed by atoms with Crippen molar-refractivity contribution in [3.05, 3.63) is 33.2 Å². The molecule has 128 valence electrons. The molecular weight excluding hydrogens is 313 g/mol. The van der Waals surface area contributed by atoms with Gasteiger partial charge in [-0.3, -0.25) is 9.59 Å². The smallest absolute Gasteiger partial charge is 0.365 e. The number of halogens is 3. The lowest BCUT2D eigenvalue weighted by Crippen LogP contribution is -2.52. The minimum atomic E-state index is -4.54. The first-order chi connectivity index (χ1) is 10.7. The van der Waals surface area contributed by atoms with Crippen LogP contribution in [-0.4, -0.2) is 47.4 Å². The second-order valence-electron chi connectivity index (χ2n) is 5.55. The van der Waals surface area contributed by atoms with E-state index >= 15 is 0 Å². The fourth-order valence-corrected chi connectivity index (χ4v) is 2.77. The minimum absolute atomic E-state index is 0.0320. The van der Waals surface area contributed by atoms with Gasteiger partial charge in [0, 0.05) is 18.8 Å². The van der Waals surface area contributed by atoms with E-state index in [-0.39, 0.29) is 18.7 Å². The third-order valence-electron chi connectivity index (χ3n) is 3.95. The molecule has 1 fully saturated rings. The number of amides is 1. The quantitative estimate of drug-likeness (QED) is 0.831. The average molecular weight is 332 g/mol. The Morgan fingerprint density at radius 1 is 1.39 bits per heavy atom. The van der Waals surface area contributed by atoms with Crippen LogP contribution in [0, 0.1) is 13.8 Å². The summed E-state index contributed by atoms with van der Waals surface area (Å²) in [6, 6.07) is 1.69. The molecule has 0 saturated carbocycles. The largest absolute Gasteiger partial charge is 0.416 e. The second-order valence-corrected chi connectivity index (χ2v) is 5.55. The fourth-order valence-electron chi connectivity index (χ4n) is 2.77. The van der Waals surface area contributed by atoms with E-state index in [1.54, 1.807) is 26.8 Å². The van der Waals surface area contributed by atoms with Crippen molar-refractivity contribution in [2.24, 2.45) is 0 Å². The summed E-state index contributed by atoms with van der Waals surface area (Å²) in [5, 5.41) is 0. The van der Waals surface area contributed by atoms with Gasteiger partial charge >= 0.3 is 6.18 Å². The number of carbonyl (C=O) groups is 1. The summed E-state index contributed by atoms with van der Waals surface area (Å²) in [5.74, 6) is -0.674. The highest BCUT2D eigenvalue weighted by Crippen LogP contribution is 2.26. The number of aryl methyl sites for hydroxylation is 2. The average Bonchev–Trinajstić information content (AvgIpc) is 2.46. The van der Waals surface area contributed by atoms with Crippen LogP contribution in [-0.2, 0) is 11.3 Å². The predicted octanol–water partition coefficient (Wildman–Crippen LogP) is 1.89. The van der Waals surface area contributed by atoms with E-state index in [1.165, 1.54) is 4.57 Å². The molecule has 1 aromatic heterocycles. The maximum absolute atomic E-state index is 12.8. The first-order valence-corrected chi connectivity index (χ1v) is 7.35. The van der Waals surface area contributed by atoms with Crippen molar-refractivity contribution < 1.29 is 22.7 Å². The van der Waals surface area contributed by atoms with Gasteiger partial charge in [0.1, 0.15) is 5.56 Å². The van der Waals surface area contributed by atoms with E-state index in [4.69, 9.17) is 0 Å². The standard InChI is InChI=1S/C15H19F3N2O3/c1-4-20-10(3)7-9(2)12(14(20)22)13(21)19-5-6-23-11(8-19)15(16,17)18/h7,11H,4-6,8H2,1-3H3. The third-order valence-corrected chi connectivity index (χ3v) is 3.95. The van der Waals surface area contributed by atoms with Gasteiger partial charge in [-0.1, -0.05) is 0 Å². The van der Waals surface area contributed by atoms with Crippen molar-refractivity contribution in [1.29, 1.82) is 0 Å². The van der Waals surface area contributed by atoms with Crippen molar-refractivity contribution in [2.45, 2.75) is 39.6 Å². The second kappa shape index (κ2) is 6.35. The zero-order valence-corrected chi connectivity index (χ0v) is 13.2. The van der Waals surface area contributed by atoms with E-state index in [9.17, 15) is 22.8 Å². The summed E-state index contributed by atoms with van der Waals surface area (Å²) in [6.45, 7) is 4.75. The Morgan fingerprint density at radius 3 is 2.61 bits per heavy atom. The molecule has 0 N–H and O–H groups in total. The van der Waals surface area contributed by atoms with E-state index in [1.807, 2.05) is 0 Å². The molecule has 23 heavy (non-hydrogen) atoms. The highest BCUT2D eigenvalue weighted by atomic mass is 19.4. The molecule has 0 spiro atoms. The van der Waals surface area contributed by atoms with Gasteiger partial charge < -0.3 is 14.2 Å². The fraction of sp³-hybridized carbons (Fsp3) is 0.600. The van der Waals surface area contributed by atoms with Crippen LogP contribution in [0.15, 0.2) is 10.9 Å². The van der Waals surface area contributed by atoms with Crippen LogP contribution in [0.5, 0.6) is 0 Å². The lowest BCUT2D eigenvalue weighted by molar-refractivity contribution is -0.233. The molecule has 1 amide bonds. The number of alkyl halides is 3. The maximum atomic E-state index is 12.8. The molecule has 0 aliphatic carbocycles. The topological polar surface area (TPSA) is 51.5 Å². The van der Waals surface area contributed by atoms with Gasteiger partial charge in [-0.25, -0.2) is 0 Å². The predicted molar refractivity (Wildman–Crippen MR) is 77.5 cm³/mol. The summed E-state index contributed by atoms with van der Waals surface area (Å²) in [4.78, 5) is 26.1. The monoisotopic (exact) mass is 332 g/mol. The van der Waals surface area contributed by atoms with Crippen LogP contribution in [0.2, 0.25) is 0 Å². The molecule has 5 nitrogen and oxygen atoms in total. The zero-order chi connectivity index (χ0) is 17.4. The van der Waals surface area contributed by atoms with Crippen molar-refractivity contribution in [2.75, 3.05) is 19.7 Å². The van der Waals surface area contributed by atoms with Gasteiger partial charge in [0.2, 0.25) is 0 Å². The summed E-state index contributed by atoms with van der Waals surface area (Å²) < 4.78 is 44.5. The van der Waals surface area contributed by atoms with Crippen LogP contribution in [0.3, 0.4) is 0 Å². The number of aromatic nitrogens is 1. The highest BCUT2D eigenvalue weighted by molar-refractivity contribution is 5.95. The first kappa shape index (κ1) is 17.5. The zero-order valence-electron chi connectivity index (χ0n) is 13.2. The van der Waals surface area contributed by atoms with Crippen LogP contribution < -0.4 is 5.56 Å². The molecule has 0 radical (unpaired) electrons. The summed E-state index contributed by atoms with van der Waals surface area (Å²) >= 11 is 0. The van der Waals surface area contributed by atoms with Crippen LogP contribution in [0.25, 0.3) is 0 Å². The Labute approximate surface area is 131 Å². The van der Waals surface area contributed by atoms with E-state index in [0.717, 1.165) is 4.90 Å². The minimum Gasteiger partial charge on any atom is -0.365 e. The SMILES string of the molecule is CCn1c(C)cc(C)c(C(=O)N2CCOC(C(F)(F)F)C2)c1=O. The highest BCUT2D eigenvalue weighted by Gasteiger charge is 2.44. The van der Waals surface area contributed by atoms with Crippen molar-refractivity contribution >= 4 is 5.91 Å². The number of pyridine rings is 1. The van der Waals surface area contributed by atoms with Gasteiger partial charge in [0.05, 0.1) is 13.2 Å². The number of ether oxygens (including phenoxy) is 1. The third kappa shape index (κ3) is 3.41. The molecule has 2 heterocycles. The number of hydrogen-bond acceptors (Lipinski definition) is 3. The Kier molecular flexibility index (Phi) is 4.84. The van der Waals surface area contributed by atoms with Crippen molar-refractivity contribution in [1.82, 2.24) is 9.47 Å². The lowest BCUT2D eigenvalue weighted by atomic mass is 10.1. The number of hydrogen-bond donors (Lipinski definition) is 0. The Hall–Kier alpha value is -1.83. The molecule has 1 aromatic rings. The molecule has 1 saturated heterocycles. The van der Waals surface area contributed by atoms with Crippen LogP contribution in [0.1, 0.15) is 28.5 Å². The summed E-state index contributed by atoms with van der Waals surface area (Å²) in [6.07, 6.45) is -6.55. The lowest BCUT2D eigenvalue weighted by Gasteiger charge is -2.34. The molecular formula is C15H19F3N2O3.